The molecule has 0 saturated heterocycles. The van der Waals surface area contributed by atoms with Crippen LogP contribution in [0.5, 0.6) is 0 Å². The SMILES string of the molecule is CCCCOC(=O)c1cccc(Br)c1C(=O)OCCCC. The predicted octanol–water partition coefficient (Wildman–Crippen LogP) is 4.36. The van der Waals surface area contributed by atoms with Crippen molar-refractivity contribution in [1.29, 1.82) is 0 Å². The predicted molar refractivity (Wildman–Crippen MR) is 84.5 cm³/mol. The highest BCUT2D eigenvalue weighted by molar-refractivity contribution is 9.10. The second-order valence-electron chi connectivity index (χ2n) is 4.64. The molecular weight excluding hydrogens is 336 g/mol. The van der Waals surface area contributed by atoms with Crippen molar-refractivity contribution in [1.82, 2.24) is 0 Å². The van der Waals surface area contributed by atoms with Crippen LogP contribution in [-0.4, -0.2) is 25.2 Å². The van der Waals surface area contributed by atoms with Crippen molar-refractivity contribution in [3.8, 4) is 0 Å². The molecule has 0 fully saturated rings. The lowest BCUT2D eigenvalue weighted by Crippen LogP contribution is -2.15. The first-order valence-electron chi connectivity index (χ1n) is 7.24. The van der Waals surface area contributed by atoms with Crippen LogP contribution in [0.15, 0.2) is 22.7 Å². The van der Waals surface area contributed by atoms with Crippen molar-refractivity contribution in [3.63, 3.8) is 0 Å². The Morgan fingerprint density at radius 1 is 1.00 bits per heavy atom. The Bertz CT molecular complexity index is 485. The van der Waals surface area contributed by atoms with Gasteiger partial charge in [-0.3, -0.25) is 0 Å². The van der Waals surface area contributed by atoms with Crippen LogP contribution in [-0.2, 0) is 9.47 Å². The van der Waals surface area contributed by atoms with Crippen molar-refractivity contribution >= 4 is 27.9 Å². The largest absolute Gasteiger partial charge is 0.462 e. The minimum Gasteiger partial charge on any atom is -0.462 e. The summed E-state index contributed by atoms with van der Waals surface area (Å²) in [6.07, 6.45) is 3.48. The monoisotopic (exact) mass is 356 g/mol. The first kappa shape index (κ1) is 17.7. The molecule has 0 N–H and O–H groups in total. The maximum atomic E-state index is 12.1. The van der Waals surface area contributed by atoms with Crippen LogP contribution < -0.4 is 0 Å². The van der Waals surface area contributed by atoms with E-state index in [1.165, 1.54) is 0 Å². The molecule has 1 aromatic carbocycles. The van der Waals surface area contributed by atoms with Gasteiger partial charge < -0.3 is 9.47 Å². The topological polar surface area (TPSA) is 52.6 Å². The third-order valence-electron chi connectivity index (χ3n) is 2.90. The number of carbonyl (C=O) groups excluding carboxylic acids is 2. The molecule has 0 bridgehead atoms. The lowest BCUT2D eigenvalue weighted by molar-refractivity contribution is 0.0451. The van der Waals surface area contributed by atoms with E-state index in [-0.39, 0.29) is 11.1 Å². The van der Waals surface area contributed by atoms with Crippen LogP contribution in [0.2, 0.25) is 0 Å². The van der Waals surface area contributed by atoms with Gasteiger partial charge in [-0.05, 0) is 40.9 Å². The number of ether oxygens (including phenoxy) is 2. The van der Waals surface area contributed by atoms with Gasteiger partial charge in [0.1, 0.15) is 0 Å². The summed E-state index contributed by atoms with van der Waals surface area (Å²) in [5.74, 6) is -0.995. The summed E-state index contributed by atoms with van der Waals surface area (Å²) in [5, 5.41) is 0. The molecule has 5 heteroatoms. The first-order chi connectivity index (χ1) is 10.1. The van der Waals surface area contributed by atoms with E-state index in [0.717, 1.165) is 25.7 Å². The zero-order valence-corrected chi connectivity index (χ0v) is 14.1. The molecule has 0 radical (unpaired) electrons. The average Bonchev–Trinajstić information content (AvgIpc) is 2.47. The third kappa shape index (κ3) is 5.50. The molecule has 4 nitrogen and oxygen atoms in total. The zero-order chi connectivity index (χ0) is 15.7. The number of unbranched alkanes of at least 4 members (excludes halogenated alkanes) is 2. The molecule has 0 amide bonds. The summed E-state index contributed by atoms with van der Waals surface area (Å²) in [5.41, 5.74) is 0.470. The molecule has 21 heavy (non-hydrogen) atoms. The minimum absolute atomic E-state index is 0.232. The van der Waals surface area contributed by atoms with E-state index in [9.17, 15) is 9.59 Å². The van der Waals surface area contributed by atoms with Gasteiger partial charge in [-0.15, -0.1) is 0 Å². The van der Waals surface area contributed by atoms with Crippen molar-refractivity contribution in [2.24, 2.45) is 0 Å². The number of esters is 2. The summed E-state index contributed by atoms with van der Waals surface area (Å²) < 4.78 is 10.9. The molecule has 0 aliphatic heterocycles. The van der Waals surface area contributed by atoms with Crippen LogP contribution in [0.1, 0.15) is 60.2 Å². The summed E-state index contributed by atoms with van der Waals surface area (Å²) in [4.78, 5) is 24.2. The van der Waals surface area contributed by atoms with Gasteiger partial charge in [-0.1, -0.05) is 32.8 Å². The van der Waals surface area contributed by atoms with Crippen LogP contribution in [0.25, 0.3) is 0 Å². The Labute approximate surface area is 133 Å². The van der Waals surface area contributed by atoms with Crippen LogP contribution in [0.3, 0.4) is 0 Å². The normalized spacial score (nSPS) is 10.2. The molecule has 0 aliphatic rings. The molecule has 0 saturated carbocycles. The second kappa shape index (κ2) is 9.55. The van der Waals surface area contributed by atoms with E-state index in [4.69, 9.17) is 9.47 Å². The van der Waals surface area contributed by atoms with Gasteiger partial charge in [-0.25, -0.2) is 9.59 Å². The Morgan fingerprint density at radius 2 is 1.57 bits per heavy atom. The van der Waals surface area contributed by atoms with Gasteiger partial charge in [0.25, 0.3) is 0 Å². The molecule has 1 aromatic rings. The molecule has 0 aliphatic carbocycles. The fourth-order valence-electron chi connectivity index (χ4n) is 1.67. The highest BCUT2D eigenvalue weighted by atomic mass is 79.9. The fourth-order valence-corrected chi connectivity index (χ4v) is 2.20. The van der Waals surface area contributed by atoms with E-state index >= 15 is 0 Å². The molecular formula is C16H21BrO4. The van der Waals surface area contributed by atoms with Crippen LogP contribution in [0.4, 0.5) is 0 Å². The standard InChI is InChI=1S/C16H21BrO4/c1-3-5-10-20-15(18)12-8-7-9-13(17)14(12)16(19)21-11-6-4-2/h7-9H,3-6,10-11H2,1-2H3. The van der Waals surface area contributed by atoms with Gasteiger partial charge in [0.2, 0.25) is 0 Å². The van der Waals surface area contributed by atoms with Crippen molar-refractivity contribution in [3.05, 3.63) is 33.8 Å². The summed E-state index contributed by atoms with van der Waals surface area (Å²) in [7, 11) is 0. The zero-order valence-electron chi connectivity index (χ0n) is 12.5. The van der Waals surface area contributed by atoms with Gasteiger partial charge in [0, 0.05) is 4.47 Å². The highest BCUT2D eigenvalue weighted by Gasteiger charge is 2.22. The number of hydrogen-bond donors (Lipinski definition) is 0. The van der Waals surface area contributed by atoms with Crippen molar-refractivity contribution in [2.45, 2.75) is 39.5 Å². The highest BCUT2D eigenvalue weighted by Crippen LogP contribution is 2.22. The molecule has 0 heterocycles. The molecule has 0 spiro atoms. The second-order valence-corrected chi connectivity index (χ2v) is 5.50. The average molecular weight is 357 g/mol. The van der Waals surface area contributed by atoms with Crippen LogP contribution in [0, 0.1) is 0 Å². The number of halogens is 1. The van der Waals surface area contributed by atoms with E-state index in [0.29, 0.717) is 17.7 Å². The number of carbonyl (C=O) groups is 2. The maximum Gasteiger partial charge on any atom is 0.340 e. The van der Waals surface area contributed by atoms with Gasteiger partial charge >= 0.3 is 11.9 Å². The quantitative estimate of drug-likeness (QED) is 0.512. The van der Waals surface area contributed by atoms with E-state index in [1.807, 2.05) is 13.8 Å². The van der Waals surface area contributed by atoms with Gasteiger partial charge in [-0.2, -0.15) is 0 Å². The Kier molecular flexibility index (Phi) is 8.05. The molecule has 0 unspecified atom stereocenters. The van der Waals surface area contributed by atoms with E-state index < -0.39 is 11.9 Å². The van der Waals surface area contributed by atoms with Gasteiger partial charge in [0.05, 0.1) is 24.3 Å². The number of hydrogen-bond acceptors (Lipinski definition) is 4. The molecule has 0 atom stereocenters. The van der Waals surface area contributed by atoms with Crippen molar-refractivity contribution < 1.29 is 19.1 Å². The van der Waals surface area contributed by atoms with Crippen LogP contribution >= 0.6 is 15.9 Å². The van der Waals surface area contributed by atoms with E-state index in [2.05, 4.69) is 15.9 Å². The number of benzene rings is 1. The summed E-state index contributed by atoms with van der Waals surface area (Å²) in [6.45, 7) is 4.74. The van der Waals surface area contributed by atoms with Gasteiger partial charge in [0.15, 0.2) is 0 Å². The smallest absolute Gasteiger partial charge is 0.340 e. The number of rotatable bonds is 8. The Morgan fingerprint density at radius 3 is 2.14 bits per heavy atom. The molecule has 0 aromatic heterocycles. The fraction of sp³-hybridized carbons (Fsp3) is 0.500. The maximum absolute atomic E-state index is 12.1. The van der Waals surface area contributed by atoms with E-state index in [1.54, 1.807) is 18.2 Å². The lowest BCUT2D eigenvalue weighted by atomic mass is 10.1. The first-order valence-corrected chi connectivity index (χ1v) is 8.03. The minimum atomic E-state index is -0.502. The molecule has 1 rings (SSSR count). The summed E-state index contributed by atoms with van der Waals surface area (Å²) in [6, 6.07) is 4.98. The van der Waals surface area contributed by atoms with Crippen molar-refractivity contribution in [2.75, 3.05) is 13.2 Å². The lowest BCUT2D eigenvalue weighted by Gasteiger charge is -2.11. The summed E-state index contributed by atoms with van der Waals surface area (Å²) >= 11 is 3.30. The Balaban J connectivity index is 2.86. The Hall–Kier alpha value is -1.36. The molecule has 116 valence electrons. The third-order valence-corrected chi connectivity index (χ3v) is 3.56.